The van der Waals surface area contributed by atoms with Gasteiger partial charge >= 0.3 is 0 Å². The van der Waals surface area contributed by atoms with Crippen LogP contribution in [0, 0.1) is 0 Å². The number of amides is 1. The Balaban J connectivity index is 1.56. The summed E-state index contributed by atoms with van der Waals surface area (Å²) in [5, 5.41) is 10.9. The molecule has 1 amide bonds. The number of carbonyl (C=O) groups excluding carboxylic acids is 1. The summed E-state index contributed by atoms with van der Waals surface area (Å²) in [6.45, 7) is 0.493. The molecule has 6 nitrogen and oxygen atoms in total. The lowest BCUT2D eigenvalue weighted by Gasteiger charge is -2.27. The van der Waals surface area contributed by atoms with Gasteiger partial charge in [-0.1, -0.05) is 46.3 Å². The summed E-state index contributed by atoms with van der Waals surface area (Å²) in [6, 6.07) is 20.3. The summed E-state index contributed by atoms with van der Waals surface area (Å²) in [4.78, 5) is 14.9. The maximum absolute atomic E-state index is 13.2. The van der Waals surface area contributed by atoms with Crippen molar-refractivity contribution in [1.82, 2.24) is 4.90 Å². The molecule has 0 aromatic heterocycles. The molecule has 3 aromatic rings. The van der Waals surface area contributed by atoms with E-state index >= 15 is 0 Å². The number of hydrogen-bond acceptors (Lipinski definition) is 5. The summed E-state index contributed by atoms with van der Waals surface area (Å²) >= 11 is 3.47. The Kier molecular flexibility index (Phi) is 5.27. The first kappa shape index (κ1) is 20.5. The lowest BCUT2D eigenvalue weighted by molar-refractivity contribution is -0.130. The molecule has 1 N–H and O–H groups in total. The minimum Gasteiger partial charge on any atom is -0.503 e. The van der Waals surface area contributed by atoms with Crippen LogP contribution in [0.3, 0.4) is 0 Å². The number of carbonyl (C=O) groups is 1. The van der Waals surface area contributed by atoms with Crippen molar-refractivity contribution in [1.29, 1.82) is 0 Å². The zero-order chi connectivity index (χ0) is 22.2. The van der Waals surface area contributed by atoms with Gasteiger partial charge in [0.05, 0.1) is 13.2 Å². The highest BCUT2D eigenvalue weighted by Gasteiger charge is 2.41. The van der Waals surface area contributed by atoms with Gasteiger partial charge in [0.25, 0.3) is 5.91 Å². The molecule has 0 radical (unpaired) electrons. The van der Waals surface area contributed by atoms with Crippen LogP contribution in [0.4, 0.5) is 0 Å². The molecule has 0 spiro atoms. The first-order valence-electron chi connectivity index (χ1n) is 10.1. The molecule has 2 aliphatic heterocycles. The van der Waals surface area contributed by atoms with Crippen molar-refractivity contribution < 1.29 is 24.1 Å². The molecular weight excluding hydrogens is 474 g/mol. The molecular formula is C25H20BrNO5. The second-order valence-corrected chi connectivity index (χ2v) is 8.48. The number of fused-ring (bicyclic) bond motifs is 1. The predicted octanol–water partition coefficient (Wildman–Crippen LogP) is 5.24. The van der Waals surface area contributed by atoms with E-state index in [1.165, 1.54) is 0 Å². The van der Waals surface area contributed by atoms with Crippen LogP contribution in [0.5, 0.6) is 17.2 Å². The van der Waals surface area contributed by atoms with Crippen molar-refractivity contribution in [2.75, 3.05) is 13.9 Å². The van der Waals surface area contributed by atoms with Gasteiger partial charge in [0.1, 0.15) is 5.75 Å². The largest absolute Gasteiger partial charge is 0.503 e. The van der Waals surface area contributed by atoms with Gasteiger partial charge in [0.15, 0.2) is 17.3 Å². The standard InChI is InChI=1S/C25H20BrNO5/c1-30-19-9-5-16(6-10-19)22-23(17-3-7-18(26)8-4-17)27(25(29)24(22)28)13-15-2-11-20-21(12-15)32-14-31-20/h2-12,23,28H,13-14H2,1H3/t23-/m1/s1. The van der Waals surface area contributed by atoms with Crippen LogP contribution in [-0.2, 0) is 11.3 Å². The number of methoxy groups -OCH3 is 1. The van der Waals surface area contributed by atoms with Crippen molar-refractivity contribution >= 4 is 27.4 Å². The number of hydrogen-bond donors (Lipinski definition) is 1. The van der Waals surface area contributed by atoms with E-state index in [4.69, 9.17) is 14.2 Å². The Morgan fingerprint density at radius 1 is 1.03 bits per heavy atom. The molecule has 162 valence electrons. The van der Waals surface area contributed by atoms with Crippen molar-refractivity contribution in [3.05, 3.63) is 93.7 Å². The van der Waals surface area contributed by atoms with Crippen molar-refractivity contribution in [3.8, 4) is 17.2 Å². The van der Waals surface area contributed by atoms with Gasteiger partial charge in [0.2, 0.25) is 6.79 Å². The second-order valence-electron chi connectivity index (χ2n) is 7.57. The van der Waals surface area contributed by atoms with Crippen LogP contribution in [0.1, 0.15) is 22.7 Å². The third-order valence-electron chi connectivity index (χ3n) is 5.68. The van der Waals surface area contributed by atoms with Crippen LogP contribution in [-0.4, -0.2) is 29.8 Å². The Morgan fingerprint density at radius 2 is 1.75 bits per heavy atom. The average Bonchev–Trinajstić information content (AvgIpc) is 3.38. The summed E-state index contributed by atoms with van der Waals surface area (Å²) in [5.41, 5.74) is 3.11. The topological polar surface area (TPSA) is 68.2 Å². The summed E-state index contributed by atoms with van der Waals surface area (Å²) in [5.74, 6) is 1.38. The summed E-state index contributed by atoms with van der Waals surface area (Å²) in [7, 11) is 1.60. The SMILES string of the molecule is COc1ccc(C2=C(O)C(=O)N(Cc3ccc4c(c3)OCO4)[C@@H]2c2ccc(Br)cc2)cc1. The lowest BCUT2D eigenvalue weighted by atomic mass is 9.93. The van der Waals surface area contributed by atoms with Crippen LogP contribution in [0.15, 0.2) is 77.0 Å². The highest BCUT2D eigenvalue weighted by Crippen LogP contribution is 2.44. The van der Waals surface area contributed by atoms with Crippen LogP contribution >= 0.6 is 15.9 Å². The van der Waals surface area contributed by atoms with Gasteiger partial charge in [-0.05, 0) is 53.1 Å². The minimum absolute atomic E-state index is 0.187. The number of aliphatic hydroxyl groups excluding tert-OH is 1. The molecule has 1 atom stereocenters. The Bertz CT molecular complexity index is 1200. The van der Waals surface area contributed by atoms with E-state index in [0.717, 1.165) is 21.2 Å². The van der Waals surface area contributed by atoms with Crippen molar-refractivity contribution in [3.63, 3.8) is 0 Å². The molecule has 0 fully saturated rings. The fourth-order valence-electron chi connectivity index (χ4n) is 4.11. The number of halogens is 1. The quantitative estimate of drug-likeness (QED) is 0.526. The van der Waals surface area contributed by atoms with Crippen LogP contribution in [0.2, 0.25) is 0 Å². The molecule has 0 unspecified atom stereocenters. The molecule has 0 bridgehead atoms. The average molecular weight is 494 g/mol. The van der Waals surface area contributed by atoms with E-state index in [9.17, 15) is 9.90 Å². The summed E-state index contributed by atoms with van der Waals surface area (Å²) in [6.07, 6.45) is 0. The highest BCUT2D eigenvalue weighted by atomic mass is 79.9. The Labute approximate surface area is 193 Å². The minimum atomic E-state index is -0.450. The Hall–Kier alpha value is -3.45. The van der Waals surface area contributed by atoms with E-state index in [1.807, 2.05) is 66.7 Å². The third-order valence-corrected chi connectivity index (χ3v) is 6.21. The normalized spacial score (nSPS) is 17.2. The highest BCUT2D eigenvalue weighted by molar-refractivity contribution is 9.10. The van der Waals surface area contributed by atoms with Gasteiger partial charge in [0, 0.05) is 16.6 Å². The van der Waals surface area contributed by atoms with E-state index in [-0.39, 0.29) is 12.6 Å². The molecule has 0 aliphatic carbocycles. The third kappa shape index (κ3) is 3.58. The number of rotatable bonds is 5. The first-order valence-corrected chi connectivity index (χ1v) is 10.9. The van der Waals surface area contributed by atoms with Crippen molar-refractivity contribution in [2.24, 2.45) is 0 Å². The fourth-order valence-corrected chi connectivity index (χ4v) is 4.37. The van der Waals surface area contributed by atoms with Crippen molar-refractivity contribution in [2.45, 2.75) is 12.6 Å². The number of nitrogens with zero attached hydrogens (tertiary/aromatic N) is 1. The van der Waals surface area contributed by atoms with Gasteiger partial charge in [-0.3, -0.25) is 4.79 Å². The van der Waals surface area contributed by atoms with Crippen LogP contribution in [0.25, 0.3) is 5.57 Å². The van der Waals surface area contributed by atoms with Gasteiger partial charge < -0.3 is 24.2 Å². The molecule has 2 aliphatic rings. The van der Waals surface area contributed by atoms with E-state index < -0.39 is 11.9 Å². The molecule has 5 rings (SSSR count). The first-order chi connectivity index (χ1) is 15.5. The summed E-state index contributed by atoms with van der Waals surface area (Å²) < 4.78 is 17.1. The van der Waals surface area contributed by atoms with E-state index in [1.54, 1.807) is 12.0 Å². The second kappa shape index (κ2) is 8.24. The molecule has 32 heavy (non-hydrogen) atoms. The van der Waals surface area contributed by atoms with E-state index in [2.05, 4.69) is 15.9 Å². The lowest BCUT2D eigenvalue weighted by Crippen LogP contribution is -2.29. The zero-order valence-corrected chi connectivity index (χ0v) is 18.8. The van der Waals surface area contributed by atoms with Crippen LogP contribution < -0.4 is 14.2 Å². The van der Waals surface area contributed by atoms with E-state index in [0.29, 0.717) is 29.4 Å². The number of ether oxygens (including phenoxy) is 3. The molecule has 0 saturated carbocycles. The molecule has 2 heterocycles. The molecule has 3 aromatic carbocycles. The maximum atomic E-state index is 13.2. The monoisotopic (exact) mass is 493 g/mol. The van der Waals surface area contributed by atoms with Gasteiger partial charge in [-0.25, -0.2) is 0 Å². The van der Waals surface area contributed by atoms with Gasteiger partial charge in [-0.15, -0.1) is 0 Å². The fraction of sp³-hybridized carbons (Fsp3) is 0.160. The Morgan fingerprint density at radius 3 is 2.47 bits per heavy atom. The zero-order valence-electron chi connectivity index (χ0n) is 17.2. The smallest absolute Gasteiger partial charge is 0.290 e. The predicted molar refractivity (Wildman–Crippen MR) is 123 cm³/mol. The molecule has 7 heteroatoms. The number of aliphatic hydroxyl groups is 1. The van der Waals surface area contributed by atoms with Gasteiger partial charge in [-0.2, -0.15) is 0 Å². The number of benzene rings is 3. The maximum Gasteiger partial charge on any atom is 0.290 e. The molecule has 0 saturated heterocycles.